The lowest BCUT2D eigenvalue weighted by Crippen LogP contribution is -2.50. The van der Waals surface area contributed by atoms with E-state index in [1.807, 2.05) is 26.0 Å². The normalized spacial score (nSPS) is 37.9. The second-order valence-electron chi connectivity index (χ2n) is 10.4. The predicted molar refractivity (Wildman–Crippen MR) is 133 cm³/mol. The molecule has 3 fully saturated rings. The molecule has 3 aliphatic heterocycles. The summed E-state index contributed by atoms with van der Waals surface area (Å²) in [4.78, 5) is 23.8. The maximum Gasteiger partial charge on any atom is 0.308 e. The van der Waals surface area contributed by atoms with Crippen molar-refractivity contribution in [1.82, 2.24) is 5.32 Å². The van der Waals surface area contributed by atoms with Crippen molar-refractivity contribution in [2.24, 2.45) is 5.92 Å². The van der Waals surface area contributed by atoms with Crippen molar-refractivity contribution < 1.29 is 38.7 Å². The molecule has 36 heavy (non-hydrogen) atoms. The van der Waals surface area contributed by atoms with Crippen LogP contribution in [0.3, 0.4) is 0 Å². The Morgan fingerprint density at radius 1 is 1.25 bits per heavy atom. The number of ether oxygens (including phenoxy) is 4. The first-order chi connectivity index (χ1) is 17.0. The largest absolute Gasteiger partial charge is 0.469 e. The summed E-state index contributed by atoms with van der Waals surface area (Å²) in [6.45, 7) is 8.11. The van der Waals surface area contributed by atoms with Crippen LogP contribution in [-0.2, 0) is 28.5 Å². The van der Waals surface area contributed by atoms with Gasteiger partial charge in [-0.25, -0.2) is 0 Å². The molecule has 3 N–H and O–H groups in total. The maximum atomic E-state index is 12.1. The van der Waals surface area contributed by atoms with Gasteiger partial charge in [0.1, 0.15) is 17.8 Å². The minimum absolute atomic E-state index is 0.0219. The van der Waals surface area contributed by atoms with Crippen molar-refractivity contribution in [2.75, 3.05) is 13.7 Å². The molecule has 0 aromatic rings. The van der Waals surface area contributed by atoms with Crippen LogP contribution in [0.5, 0.6) is 0 Å². The topological polar surface area (TPSA) is 127 Å². The van der Waals surface area contributed by atoms with Crippen LogP contribution in [0.4, 0.5) is 0 Å². The van der Waals surface area contributed by atoms with Gasteiger partial charge in [-0.3, -0.25) is 9.59 Å². The van der Waals surface area contributed by atoms with Crippen molar-refractivity contribution in [2.45, 2.75) is 102 Å². The zero-order chi connectivity index (χ0) is 26.5. The summed E-state index contributed by atoms with van der Waals surface area (Å²) >= 11 is 0. The molecule has 3 rings (SSSR count). The summed E-state index contributed by atoms with van der Waals surface area (Å²) in [5.74, 6) is -0.336. The summed E-state index contributed by atoms with van der Waals surface area (Å²) < 4.78 is 22.5. The smallest absolute Gasteiger partial charge is 0.308 e. The van der Waals surface area contributed by atoms with Crippen LogP contribution in [0.25, 0.3) is 0 Å². The Kier molecular flexibility index (Phi) is 9.88. The van der Waals surface area contributed by atoms with Gasteiger partial charge in [-0.2, -0.15) is 0 Å². The predicted octanol–water partition coefficient (Wildman–Crippen LogP) is 1.96. The molecule has 3 saturated heterocycles. The van der Waals surface area contributed by atoms with E-state index in [4.69, 9.17) is 18.9 Å². The molecule has 0 aromatic heterocycles. The SMILES string of the molecule is COC(=O)C[C@@H]1C[C@@]2(CO2)[C@H](O)[C@@H](C=CC(C)=CC[C@@H]2O[C@H](C)[C@H](NC(=O)C=C[C@H](C)O)C[C@@H]2C)O1. The Morgan fingerprint density at radius 3 is 2.61 bits per heavy atom. The van der Waals surface area contributed by atoms with E-state index < -0.39 is 23.9 Å². The van der Waals surface area contributed by atoms with Crippen LogP contribution in [0.15, 0.2) is 36.0 Å². The molecule has 1 amide bonds. The Hall–Kier alpha value is -2.04. The molecule has 3 heterocycles. The van der Waals surface area contributed by atoms with Gasteiger partial charge in [-0.1, -0.05) is 36.8 Å². The van der Waals surface area contributed by atoms with E-state index >= 15 is 0 Å². The first-order valence-electron chi connectivity index (χ1n) is 12.7. The molecule has 3 aliphatic rings. The number of allylic oxidation sites excluding steroid dienone is 2. The first-order valence-corrected chi connectivity index (χ1v) is 12.7. The molecule has 1 spiro atoms. The molecule has 0 aromatic carbocycles. The minimum Gasteiger partial charge on any atom is -0.469 e. The molecule has 9 atom stereocenters. The van der Waals surface area contributed by atoms with Crippen LogP contribution >= 0.6 is 0 Å². The third-order valence-electron chi connectivity index (χ3n) is 7.20. The van der Waals surface area contributed by atoms with Crippen molar-refractivity contribution in [3.8, 4) is 0 Å². The molecule has 202 valence electrons. The van der Waals surface area contributed by atoms with Gasteiger partial charge in [0, 0.05) is 12.5 Å². The van der Waals surface area contributed by atoms with Crippen LogP contribution < -0.4 is 5.32 Å². The number of rotatable bonds is 9. The second kappa shape index (κ2) is 12.5. The number of carbonyl (C=O) groups is 2. The van der Waals surface area contributed by atoms with Crippen LogP contribution in [-0.4, -0.2) is 84.1 Å². The number of aliphatic hydroxyl groups excluding tert-OH is 2. The molecule has 0 saturated carbocycles. The molecule has 0 aliphatic carbocycles. The lowest BCUT2D eigenvalue weighted by molar-refractivity contribution is -0.157. The first kappa shape index (κ1) is 28.5. The highest BCUT2D eigenvalue weighted by Crippen LogP contribution is 2.43. The fraction of sp³-hybridized carbons (Fsp3) is 0.704. The Balaban J connectivity index is 1.52. The van der Waals surface area contributed by atoms with Gasteiger partial charge in [0.05, 0.1) is 50.6 Å². The van der Waals surface area contributed by atoms with E-state index in [-0.39, 0.29) is 48.6 Å². The molecule has 0 unspecified atom stereocenters. The standard InChI is InChI=1S/C27H41NO8/c1-16(7-10-23-26(32)27(15-34-27)14-20(36-23)13-25(31)33-5)6-9-22-17(2)12-21(19(4)35-22)28-24(30)11-8-18(3)29/h6-8,10-11,17-23,26,29,32H,9,12-15H2,1-5H3,(H,28,30)/t17-,18-,19+,20+,21+,22-,23+,26+,27+/m0/s1. The van der Waals surface area contributed by atoms with Gasteiger partial charge in [-0.05, 0) is 39.5 Å². The van der Waals surface area contributed by atoms with E-state index in [9.17, 15) is 19.8 Å². The highest BCUT2D eigenvalue weighted by atomic mass is 16.6. The number of methoxy groups -OCH3 is 1. The van der Waals surface area contributed by atoms with Crippen LogP contribution in [0.1, 0.15) is 53.4 Å². The molecule has 9 nitrogen and oxygen atoms in total. The van der Waals surface area contributed by atoms with Crippen LogP contribution in [0, 0.1) is 5.92 Å². The van der Waals surface area contributed by atoms with Crippen molar-refractivity contribution >= 4 is 11.9 Å². The van der Waals surface area contributed by atoms with Crippen molar-refractivity contribution in [3.63, 3.8) is 0 Å². The van der Waals surface area contributed by atoms with Crippen molar-refractivity contribution in [1.29, 1.82) is 0 Å². The lowest BCUT2D eigenvalue weighted by Gasteiger charge is -2.39. The average Bonchev–Trinajstić information content (AvgIpc) is 3.60. The fourth-order valence-corrected chi connectivity index (χ4v) is 4.86. The molecule has 0 radical (unpaired) electrons. The molecule has 9 heteroatoms. The number of nitrogens with one attached hydrogen (secondary N) is 1. The highest BCUT2D eigenvalue weighted by Gasteiger charge is 2.58. The van der Waals surface area contributed by atoms with Gasteiger partial charge in [0.15, 0.2) is 0 Å². The number of carbonyl (C=O) groups excluding carboxylic acids is 2. The number of hydrogen-bond donors (Lipinski definition) is 3. The minimum atomic E-state index is -0.791. The third-order valence-corrected chi connectivity index (χ3v) is 7.20. The number of amides is 1. The van der Waals surface area contributed by atoms with E-state index in [2.05, 4.69) is 18.3 Å². The number of hydrogen-bond acceptors (Lipinski definition) is 8. The second-order valence-corrected chi connectivity index (χ2v) is 10.4. The summed E-state index contributed by atoms with van der Waals surface area (Å²) in [5.41, 5.74) is 0.372. The van der Waals surface area contributed by atoms with Gasteiger partial charge in [-0.15, -0.1) is 0 Å². The summed E-state index contributed by atoms with van der Waals surface area (Å²) in [6, 6.07) is -0.0905. The summed E-state index contributed by atoms with van der Waals surface area (Å²) in [7, 11) is 1.35. The van der Waals surface area contributed by atoms with E-state index in [1.165, 1.54) is 19.3 Å². The van der Waals surface area contributed by atoms with Gasteiger partial charge in [0.25, 0.3) is 0 Å². The number of esters is 1. The third kappa shape index (κ3) is 7.73. The number of aliphatic hydroxyl groups is 2. The lowest BCUT2D eigenvalue weighted by atomic mass is 9.87. The average molecular weight is 508 g/mol. The van der Waals surface area contributed by atoms with Gasteiger partial charge < -0.3 is 34.5 Å². The summed E-state index contributed by atoms with van der Waals surface area (Å²) in [6.07, 6.45) is 8.25. The monoisotopic (exact) mass is 507 g/mol. The Bertz CT molecular complexity index is 862. The number of epoxide rings is 1. The van der Waals surface area contributed by atoms with E-state index in [1.54, 1.807) is 6.92 Å². The highest BCUT2D eigenvalue weighted by molar-refractivity contribution is 5.87. The molecular formula is C27H41NO8. The Labute approximate surface area is 213 Å². The van der Waals surface area contributed by atoms with Crippen LogP contribution in [0.2, 0.25) is 0 Å². The Morgan fingerprint density at radius 2 is 1.97 bits per heavy atom. The van der Waals surface area contributed by atoms with Gasteiger partial charge >= 0.3 is 5.97 Å². The zero-order valence-corrected chi connectivity index (χ0v) is 21.9. The molecule has 0 bridgehead atoms. The van der Waals surface area contributed by atoms with E-state index in [0.29, 0.717) is 13.0 Å². The summed E-state index contributed by atoms with van der Waals surface area (Å²) in [5, 5.41) is 23.0. The molecular weight excluding hydrogens is 466 g/mol. The van der Waals surface area contributed by atoms with Crippen molar-refractivity contribution in [3.05, 3.63) is 36.0 Å². The zero-order valence-electron chi connectivity index (χ0n) is 21.9. The maximum absolute atomic E-state index is 12.1. The fourth-order valence-electron chi connectivity index (χ4n) is 4.86. The van der Waals surface area contributed by atoms with E-state index in [0.717, 1.165) is 18.4 Å². The van der Waals surface area contributed by atoms with Gasteiger partial charge in [0.2, 0.25) is 5.91 Å². The quantitative estimate of drug-likeness (QED) is 0.187.